The monoisotopic (exact) mass is 350 g/mol. The van der Waals surface area contributed by atoms with Crippen molar-refractivity contribution in [3.63, 3.8) is 0 Å². The number of ether oxygens (including phenoxy) is 1. The van der Waals surface area contributed by atoms with E-state index in [0.717, 1.165) is 6.07 Å². The molecule has 8 heteroatoms. The van der Waals surface area contributed by atoms with E-state index in [-0.39, 0.29) is 17.5 Å². The fourth-order valence-corrected chi connectivity index (χ4v) is 2.72. The number of esters is 1. The summed E-state index contributed by atoms with van der Waals surface area (Å²) in [5.41, 5.74) is -2.32. The summed E-state index contributed by atoms with van der Waals surface area (Å²) in [6, 6.07) is 7.42. The molecule has 0 saturated carbocycles. The largest absolute Gasteiger partial charge is 0.462 e. The van der Waals surface area contributed by atoms with Crippen molar-refractivity contribution in [2.24, 2.45) is 7.05 Å². The van der Waals surface area contributed by atoms with E-state index in [1.165, 1.54) is 18.5 Å². The van der Waals surface area contributed by atoms with Gasteiger partial charge in [0.1, 0.15) is 0 Å². The van der Waals surface area contributed by atoms with Gasteiger partial charge in [0, 0.05) is 12.4 Å². The molecule has 0 N–H and O–H groups in total. The zero-order valence-electron chi connectivity index (χ0n) is 13.3. The van der Waals surface area contributed by atoms with Crippen LogP contribution in [0, 0.1) is 0 Å². The van der Waals surface area contributed by atoms with Crippen molar-refractivity contribution in [2.75, 3.05) is 6.61 Å². The number of alkyl halides is 3. The van der Waals surface area contributed by atoms with Crippen molar-refractivity contribution in [2.45, 2.75) is 13.1 Å². The molecule has 0 amide bonds. The van der Waals surface area contributed by atoms with Crippen LogP contribution in [0.15, 0.2) is 35.1 Å². The summed E-state index contributed by atoms with van der Waals surface area (Å²) in [4.78, 5) is 28.1. The number of pyridine rings is 2. The molecule has 0 aliphatic rings. The van der Waals surface area contributed by atoms with Crippen LogP contribution in [0.2, 0.25) is 0 Å². The van der Waals surface area contributed by atoms with Crippen LogP contribution in [0.1, 0.15) is 23.0 Å². The molecule has 3 rings (SSSR count). The number of aryl methyl sites for hydroxylation is 1. The Hall–Kier alpha value is -2.90. The first-order valence-electron chi connectivity index (χ1n) is 7.42. The van der Waals surface area contributed by atoms with Crippen LogP contribution in [-0.4, -0.2) is 22.1 Å². The van der Waals surface area contributed by atoms with Crippen LogP contribution in [0.25, 0.3) is 21.8 Å². The third-order valence-corrected chi connectivity index (χ3v) is 3.84. The molecule has 2 heterocycles. The van der Waals surface area contributed by atoms with Gasteiger partial charge in [-0.1, -0.05) is 18.2 Å². The van der Waals surface area contributed by atoms with E-state index in [1.807, 2.05) is 0 Å². The number of nitrogens with zero attached hydrogens (tertiary/aromatic N) is 2. The van der Waals surface area contributed by atoms with Crippen molar-refractivity contribution in [1.82, 2.24) is 9.55 Å². The van der Waals surface area contributed by atoms with E-state index >= 15 is 0 Å². The first-order valence-corrected chi connectivity index (χ1v) is 7.42. The molecule has 0 aliphatic carbocycles. The second-order valence-corrected chi connectivity index (χ2v) is 5.38. The molecule has 0 fully saturated rings. The number of rotatable bonds is 2. The third-order valence-electron chi connectivity index (χ3n) is 3.84. The number of para-hydroxylation sites is 1. The van der Waals surface area contributed by atoms with Crippen LogP contribution in [-0.2, 0) is 18.0 Å². The van der Waals surface area contributed by atoms with Crippen molar-refractivity contribution in [3.8, 4) is 0 Å². The summed E-state index contributed by atoms with van der Waals surface area (Å²) in [6.45, 7) is 1.38. The van der Waals surface area contributed by atoms with Gasteiger partial charge < -0.3 is 9.30 Å². The minimum Gasteiger partial charge on any atom is -0.462 e. The molecular weight excluding hydrogens is 337 g/mol. The van der Waals surface area contributed by atoms with E-state index in [2.05, 4.69) is 9.72 Å². The van der Waals surface area contributed by atoms with Crippen LogP contribution >= 0.6 is 0 Å². The Morgan fingerprint density at radius 2 is 1.92 bits per heavy atom. The summed E-state index contributed by atoms with van der Waals surface area (Å²) in [5.74, 6) is -1.17. The van der Waals surface area contributed by atoms with Crippen molar-refractivity contribution < 1.29 is 22.7 Å². The molecule has 0 unspecified atom stereocenters. The summed E-state index contributed by atoms with van der Waals surface area (Å²) in [5, 5.41) is 0.317. The lowest BCUT2D eigenvalue weighted by Crippen LogP contribution is -2.22. The van der Waals surface area contributed by atoms with Crippen LogP contribution < -0.4 is 5.56 Å². The minimum absolute atomic E-state index is 0.0720. The highest BCUT2D eigenvalue weighted by atomic mass is 19.4. The molecular formula is C17H13F3N2O3. The maximum absolute atomic E-state index is 13.4. The van der Waals surface area contributed by atoms with Gasteiger partial charge in [-0.3, -0.25) is 4.79 Å². The molecule has 0 radical (unpaired) electrons. The van der Waals surface area contributed by atoms with E-state index < -0.39 is 29.0 Å². The van der Waals surface area contributed by atoms with Crippen LogP contribution in [0.4, 0.5) is 13.2 Å². The van der Waals surface area contributed by atoms with E-state index in [4.69, 9.17) is 0 Å². The number of carbonyl (C=O) groups excluding carboxylic acids is 1. The molecule has 2 aromatic heterocycles. The lowest BCUT2D eigenvalue weighted by molar-refractivity contribution is -0.141. The highest BCUT2D eigenvalue weighted by Gasteiger charge is 2.38. The minimum atomic E-state index is -4.86. The number of hydrogen-bond acceptors (Lipinski definition) is 4. The molecule has 0 aliphatic heterocycles. The quantitative estimate of drug-likeness (QED) is 0.526. The van der Waals surface area contributed by atoms with Crippen molar-refractivity contribution >= 4 is 27.8 Å². The van der Waals surface area contributed by atoms with E-state index in [1.54, 1.807) is 24.3 Å². The van der Waals surface area contributed by atoms with Crippen molar-refractivity contribution in [3.05, 3.63) is 51.9 Å². The average molecular weight is 350 g/mol. The first-order chi connectivity index (χ1) is 11.8. The topological polar surface area (TPSA) is 61.2 Å². The van der Waals surface area contributed by atoms with Gasteiger partial charge in [-0.05, 0) is 19.1 Å². The molecule has 5 nitrogen and oxygen atoms in total. The lowest BCUT2D eigenvalue weighted by atomic mass is 10.1. The Morgan fingerprint density at radius 3 is 2.56 bits per heavy atom. The number of benzene rings is 1. The van der Waals surface area contributed by atoms with Gasteiger partial charge in [-0.2, -0.15) is 13.2 Å². The van der Waals surface area contributed by atoms with Gasteiger partial charge in [0.2, 0.25) is 0 Å². The predicted octanol–water partition coefficient (Wildman–Crippen LogP) is 3.28. The van der Waals surface area contributed by atoms with Gasteiger partial charge in [0.25, 0.3) is 5.56 Å². The molecule has 0 atom stereocenters. The lowest BCUT2D eigenvalue weighted by Gasteiger charge is -2.14. The Morgan fingerprint density at radius 1 is 1.24 bits per heavy atom. The second kappa shape index (κ2) is 5.87. The van der Waals surface area contributed by atoms with Crippen LogP contribution in [0.3, 0.4) is 0 Å². The van der Waals surface area contributed by atoms with E-state index in [9.17, 15) is 22.8 Å². The summed E-state index contributed by atoms with van der Waals surface area (Å²) < 4.78 is 46.2. The fraction of sp³-hybridized carbons (Fsp3) is 0.235. The van der Waals surface area contributed by atoms with E-state index in [0.29, 0.717) is 10.9 Å². The van der Waals surface area contributed by atoms with Crippen LogP contribution in [0.5, 0.6) is 0 Å². The number of fused-ring (bicyclic) bond motifs is 3. The zero-order chi connectivity index (χ0) is 18.4. The van der Waals surface area contributed by atoms with Gasteiger partial charge in [-0.15, -0.1) is 0 Å². The zero-order valence-corrected chi connectivity index (χ0v) is 13.3. The Balaban J connectivity index is 2.50. The smallest absolute Gasteiger partial charge is 0.434 e. The van der Waals surface area contributed by atoms with Gasteiger partial charge in [0.05, 0.1) is 28.6 Å². The standard InChI is InChI=1S/C17H13F3N2O3/c1-3-25-16(24)11-8-10-13(21-14(11)17(18,19)20)9-6-4-5-7-12(9)22(2)15(10)23/h4-8H,3H2,1-2H3. The molecule has 0 bridgehead atoms. The Labute approximate surface area is 139 Å². The predicted molar refractivity (Wildman–Crippen MR) is 85.4 cm³/mol. The first kappa shape index (κ1) is 16.9. The molecule has 0 spiro atoms. The van der Waals surface area contributed by atoms with Gasteiger partial charge >= 0.3 is 12.1 Å². The summed E-state index contributed by atoms with van der Waals surface area (Å²) in [7, 11) is 1.51. The SMILES string of the molecule is CCOC(=O)c1cc2c(=O)n(C)c3ccccc3c2nc1C(F)(F)F. The molecule has 0 saturated heterocycles. The maximum atomic E-state index is 13.4. The second-order valence-electron chi connectivity index (χ2n) is 5.38. The van der Waals surface area contributed by atoms with Gasteiger partial charge in [-0.25, -0.2) is 9.78 Å². The molecule has 130 valence electrons. The number of halogens is 3. The molecule has 1 aromatic carbocycles. The molecule has 3 aromatic rings. The fourth-order valence-electron chi connectivity index (χ4n) is 2.72. The number of carbonyl (C=O) groups is 1. The third kappa shape index (κ3) is 2.73. The Bertz CT molecular complexity index is 1050. The summed E-state index contributed by atoms with van der Waals surface area (Å²) in [6.07, 6.45) is -4.86. The van der Waals surface area contributed by atoms with Gasteiger partial charge in [0.15, 0.2) is 5.69 Å². The molecule has 25 heavy (non-hydrogen) atoms. The summed E-state index contributed by atoms with van der Waals surface area (Å²) >= 11 is 0. The number of hydrogen-bond donors (Lipinski definition) is 0. The maximum Gasteiger partial charge on any atom is 0.434 e. The highest BCUT2D eigenvalue weighted by molar-refractivity contribution is 6.05. The average Bonchev–Trinajstić information content (AvgIpc) is 2.58. The Kier molecular flexibility index (Phi) is 3.98. The number of aromatic nitrogens is 2. The normalized spacial score (nSPS) is 11.9. The van der Waals surface area contributed by atoms with Crippen molar-refractivity contribution in [1.29, 1.82) is 0 Å². The highest BCUT2D eigenvalue weighted by Crippen LogP contribution is 2.33.